The van der Waals surface area contributed by atoms with Crippen LogP contribution in [0.1, 0.15) is 28.2 Å². The molecule has 2 N–H and O–H groups in total. The summed E-state index contributed by atoms with van der Waals surface area (Å²) in [4.78, 5) is 25.5. The van der Waals surface area contributed by atoms with Crippen molar-refractivity contribution < 1.29 is 9.84 Å². The zero-order chi connectivity index (χ0) is 22.9. The molecule has 0 saturated carbocycles. The topological polar surface area (TPSA) is 92.5 Å². The molecule has 2 aromatic rings. The third-order valence-corrected chi connectivity index (χ3v) is 7.80. The van der Waals surface area contributed by atoms with Gasteiger partial charge in [0.25, 0.3) is 0 Å². The smallest absolute Gasteiger partial charge is 0.352 e. The Hall–Kier alpha value is -2.62. The number of aliphatic hydroxyl groups is 1. The van der Waals surface area contributed by atoms with E-state index in [4.69, 9.17) is 16.3 Å². The number of aromatic nitrogens is 3. The number of aryl methyl sites for hydroxylation is 2. The number of ether oxygens (including phenoxy) is 1. The summed E-state index contributed by atoms with van der Waals surface area (Å²) < 4.78 is 6.79. The largest absolute Gasteiger partial charge is 0.481 e. The van der Waals surface area contributed by atoms with Gasteiger partial charge in [-0.05, 0) is 43.4 Å². The number of aliphatic hydroxyl groups excluding tert-OH is 1. The highest BCUT2D eigenvalue weighted by molar-refractivity contribution is 7.12. The Morgan fingerprint density at radius 3 is 2.94 bits per heavy atom. The molecule has 1 aliphatic carbocycles. The number of β-amino-alcohol motifs (C(OH)–C–C–N with tert-alkyl or cyclic N) is 1. The van der Waals surface area contributed by atoms with E-state index >= 15 is 0 Å². The average molecular weight is 488 g/mol. The quantitative estimate of drug-likeness (QED) is 0.669. The maximum Gasteiger partial charge on any atom is 0.352 e. The standard InChI is InChI=1S/C23H26ClN5O3S/c1-32-21-17(24)6-7-18(26-21)16-8-9-28(12-19(16)30)22-25-13-29(23(31)27-22)11-15-10-14-4-2-3-5-20(14)33-15/h6-10,13,16,18-19,26,30H,2-5,11-12H2,1H3/t16?,18?,19-/m0/s1. The fourth-order valence-corrected chi connectivity index (χ4v) is 5.99. The number of methoxy groups -OCH3 is 1. The van der Waals surface area contributed by atoms with Crippen molar-refractivity contribution in [3.63, 3.8) is 0 Å². The maximum atomic E-state index is 12.7. The molecule has 3 aliphatic rings. The van der Waals surface area contributed by atoms with Gasteiger partial charge in [0, 0.05) is 21.9 Å². The van der Waals surface area contributed by atoms with Crippen molar-refractivity contribution in [2.24, 2.45) is 5.92 Å². The number of rotatable bonds is 5. The first kappa shape index (κ1) is 22.2. The lowest BCUT2D eigenvalue weighted by atomic mass is 9.90. The van der Waals surface area contributed by atoms with E-state index in [1.165, 1.54) is 27.8 Å². The van der Waals surface area contributed by atoms with Crippen molar-refractivity contribution >= 4 is 28.9 Å². The first-order valence-electron chi connectivity index (χ1n) is 11.1. The summed E-state index contributed by atoms with van der Waals surface area (Å²) in [5.74, 6) is 0.562. The molecule has 3 atom stereocenters. The van der Waals surface area contributed by atoms with Crippen LogP contribution in [0.15, 0.2) is 52.5 Å². The van der Waals surface area contributed by atoms with Gasteiger partial charge < -0.3 is 20.1 Å². The second-order valence-corrected chi connectivity index (χ2v) is 10.1. The van der Waals surface area contributed by atoms with Gasteiger partial charge in [0.15, 0.2) is 0 Å². The first-order valence-corrected chi connectivity index (χ1v) is 12.3. The van der Waals surface area contributed by atoms with Crippen LogP contribution in [0.4, 0.5) is 5.95 Å². The van der Waals surface area contributed by atoms with E-state index in [2.05, 4.69) is 21.4 Å². The van der Waals surface area contributed by atoms with E-state index in [9.17, 15) is 9.90 Å². The predicted molar refractivity (Wildman–Crippen MR) is 128 cm³/mol. The molecular weight excluding hydrogens is 462 g/mol. The summed E-state index contributed by atoms with van der Waals surface area (Å²) in [5, 5.41) is 14.5. The van der Waals surface area contributed by atoms with Crippen LogP contribution in [0, 0.1) is 5.92 Å². The molecule has 2 aromatic heterocycles. The molecule has 2 aliphatic heterocycles. The van der Waals surface area contributed by atoms with Crippen LogP contribution in [0.25, 0.3) is 0 Å². The molecule has 2 unspecified atom stereocenters. The Bertz CT molecular complexity index is 1160. The van der Waals surface area contributed by atoms with E-state index in [0.29, 0.717) is 17.5 Å². The predicted octanol–water partition coefficient (Wildman–Crippen LogP) is 2.52. The van der Waals surface area contributed by atoms with Crippen molar-refractivity contribution in [3.8, 4) is 0 Å². The van der Waals surface area contributed by atoms with Crippen molar-refractivity contribution in [2.75, 3.05) is 18.6 Å². The average Bonchev–Trinajstić information content (AvgIpc) is 3.23. The molecule has 0 saturated heterocycles. The van der Waals surface area contributed by atoms with Crippen molar-refractivity contribution in [1.82, 2.24) is 19.9 Å². The summed E-state index contributed by atoms with van der Waals surface area (Å²) in [5.41, 5.74) is 1.07. The lowest BCUT2D eigenvalue weighted by Gasteiger charge is -2.35. The van der Waals surface area contributed by atoms with Gasteiger partial charge in [-0.2, -0.15) is 4.98 Å². The molecule has 0 fully saturated rings. The number of thiophene rings is 1. The van der Waals surface area contributed by atoms with Crippen molar-refractivity contribution in [2.45, 2.75) is 44.4 Å². The molecule has 10 heteroatoms. The van der Waals surface area contributed by atoms with Gasteiger partial charge in [0.2, 0.25) is 11.8 Å². The summed E-state index contributed by atoms with van der Waals surface area (Å²) in [6.45, 7) is 0.753. The number of halogens is 1. The van der Waals surface area contributed by atoms with Crippen LogP contribution >= 0.6 is 22.9 Å². The lowest BCUT2D eigenvalue weighted by Crippen LogP contribution is -2.47. The normalized spacial score (nSPS) is 24.6. The van der Waals surface area contributed by atoms with Gasteiger partial charge in [0.05, 0.1) is 32.3 Å². The first-order chi connectivity index (χ1) is 16.0. The monoisotopic (exact) mass is 487 g/mol. The Morgan fingerprint density at radius 2 is 2.18 bits per heavy atom. The number of dihydropyridines is 1. The zero-order valence-electron chi connectivity index (χ0n) is 18.3. The maximum absolute atomic E-state index is 12.7. The van der Waals surface area contributed by atoms with Crippen LogP contribution in [0.2, 0.25) is 0 Å². The van der Waals surface area contributed by atoms with Crippen LogP contribution in [0.3, 0.4) is 0 Å². The van der Waals surface area contributed by atoms with Gasteiger partial charge in [-0.3, -0.25) is 4.57 Å². The van der Waals surface area contributed by atoms with Gasteiger partial charge in [-0.1, -0.05) is 23.8 Å². The van der Waals surface area contributed by atoms with Gasteiger partial charge in [-0.15, -0.1) is 11.3 Å². The minimum absolute atomic E-state index is 0.165. The highest BCUT2D eigenvalue weighted by Crippen LogP contribution is 2.30. The molecule has 174 valence electrons. The number of nitrogens with zero attached hydrogens (tertiary/aromatic N) is 4. The van der Waals surface area contributed by atoms with E-state index in [-0.39, 0.29) is 30.1 Å². The van der Waals surface area contributed by atoms with Crippen LogP contribution in [-0.4, -0.2) is 45.4 Å². The molecule has 33 heavy (non-hydrogen) atoms. The molecule has 0 amide bonds. The highest BCUT2D eigenvalue weighted by atomic mass is 35.5. The third kappa shape index (κ3) is 4.58. The van der Waals surface area contributed by atoms with E-state index < -0.39 is 6.10 Å². The minimum Gasteiger partial charge on any atom is -0.481 e. The number of anilines is 1. The Balaban J connectivity index is 1.28. The fraction of sp³-hybridized carbons (Fsp3) is 0.435. The molecule has 8 nitrogen and oxygen atoms in total. The third-order valence-electron chi connectivity index (χ3n) is 6.28. The Morgan fingerprint density at radius 1 is 1.33 bits per heavy atom. The number of hydrogen-bond donors (Lipinski definition) is 2. The second kappa shape index (κ2) is 9.32. The van der Waals surface area contributed by atoms with Crippen LogP contribution in [0.5, 0.6) is 0 Å². The van der Waals surface area contributed by atoms with E-state index in [1.807, 2.05) is 18.4 Å². The molecule has 0 radical (unpaired) electrons. The summed E-state index contributed by atoms with van der Waals surface area (Å²) in [6.07, 6.45) is 12.9. The molecule has 0 aromatic carbocycles. The highest BCUT2D eigenvalue weighted by Gasteiger charge is 2.32. The Kier molecular flexibility index (Phi) is 6.27. The van der Waals surface area contributed by atoms with Gasteiger partial charge >= 0.3 is 5.69 Å². The van der Waals surface area contributed by atoms with Crippen molar-refractivity contribution in [3.05, 3.63) is 73.5 Å². The van der Waals surface area contributed by atoms with E-state index in [0.717, 1.165) is 17.7 Å². The van der Waals surface area contributed by atoms with Gasteiger partial charge in [0.1, 0.15) is 11.4 Å². The SMILES string of the molecule is COC1=C(Cl)C=CC(C2C=CN(c3ncn(Cc4cc5c(s4)CCCC5)c(=O)n3)C[C@@H]2O)N1. The van der Waals surface area contributed by atoms with Gasteiger partial charge in [-0.25, -0.2) is 9.78 Å². The number of hydrogen-bond acceptors (Lipinski definition) is 8. The number of allylic oxidation sites excluding steroid dienone is 2. The second-order valence-electron chi connectivity index (χ2n) is 8.48. The zero-order valence-corrected chi connectivity index (χ0v) is 19.8. The summed E-state index contributed by atoms with van der Waals surface area (Å²) >= 11 is 7.89. The van der Waals surface area contributed by atoms with E-state index in [1.54, 1.807) is 35.7 Å². The fourth-order valence-electron chi connectivity index (χ4n) is 4.53. The van der Waals surface area contributed by atoms with Crippen LogP contribution in [-0.2, 0) is 24.1 Å². The number of fused-ring (bicyclic) bond motifs is 1. The minimum atomic E-state index is -0.699. The summed E-state index contributed by atoms with van der Waals surface area (Å²) in [7, 11) is 1.54. The van der Waals surface area contributed by atoms with Crippen molar-refractivity contribution in [1.29, 1.82) is 0 Å². The Labute approximate surface area is 200 Å². The van der Waals surface area contributed by atoms with Crippen LogP contribution < -0.4 is 15.9 Å². The summed E-state index contributed by atoms with van der Waals surface area (Å²) in [6, 6.07) is 2.05. The number of nitrogens with one attached hydrogen (secondary N) is 1. The molecule has 5 rings (SSSR count). The molecule has 0 spiro atoms. The molecular formula is C23H26ClN5O3S. The molecule has 4 heterocycles. The lowest BCUT2D eigenvalue weighted by molar-refractivity contribution is 0.115. The molecule has 0 bridgehead atoms.